The summed E-state index contributed by atoms with van der Waals surface area (Å²) in [6, 6.07) is 9.47. The van der Waals surface area contributed by atoms with Crippen LogP contribution in [0.25, 0.3) is 11.0 Å². The van der Waals surface area contributed by atoms with Crippen LogP contribution in [-0.4, -0.2) is 53.5 Å². The largest absolute Gasteiger partial charge is 0.500 e. The zero-order valence-corrected chi connectivity index (χ0v) is 64.6. The molecule has 3 aromatic rings. The highest BCUT2D eigenvalue weighted by atomic mass is 19.1. The number of aryl methyl sites for hydroxylation is 3. The molecule has 1 saturated carbocycles. The molecule has 3 atom stereocenters. The number of carbonyl (C=O) groups is 3. The number of nitrogens with one attached hydrogen (secondary N) is 2. The van der Waals surface area contributed by atoms with E-state index in [0.29, 0.717) is 43.0 Å². The number of unbranched alkanes of at least 4 members (excludes halogenated alkanes) is 3. The maximum atomic E-state index is 13.4. The summed E-state index contributed by atoms with van der Waals surface area (Å²) < 4.78 is 32.1. The molecule has 1 aromatic heterocycles. The number of nitrogens with zero attached hydrogens (tertiary/aromatic N) is 2. The highest BCUT2D eigenvalue weighted by molar-refractivity contribution is 6.06. The first-order chi connectivity index (χ1) is 43.8. The monoisotopic (exact) mass is 1290 g/mol. The van der Waals surface area contributed by atoms with E-state index in [4.69, 9.17) is 9.84 Å². The number of hydrogen-bond acceptors (Lipinski definition) is 6. The molecule has 3 unspecified atom stereocenters. The summed E-state index contributed by atoms with van der Waals surface area (Å²) in [5.74, 6) is 3.90. The number of amides is 2. The van der Waals surface area contributed by atoms with Gasteiger partial charge in [0.15, 0.2) is 0 Å². The number of aliphatic hydroxyl groups is 1. The normalized spacial score (nSPS) is 12.5. The number of ether oxygens (including phenoxy) is 1. The van der Waals surface area contributed by atoms with E-state index in [1.165, 1.54) is 127 Å². The fraction of sp³-hybridized carbons (Fsp3) is 0.679. The maximum Gasteiger partial charge on any atom is 0.257 e. The van der Waals surface area contributed by atoms with Crippen LogP contribution in [0, 0.1) is 49.2 Å². The highest BCUT2D eigenvalue weighted by Gasteiger charge is 2.19. The number of aromatic nitrogens is 2. The molecule has 4 rings (SSSR count). The maximum absolute atomic E-state index is 13.4. The molecule has 0 radical (unpaired) electrons. The van der Waals surface area contributed by atoms with Crippen molar-refractivity contribution in [2.45, 2.75) is 313 Å². The number of anilines is 1. The van der Waals surface area contributed by atoms with Crippen LogP contribution < -0.4 is 10.6 Å². The van der Waals surface area contributed by atoms with Crippen LogP contribution in [0.3, 0.4) is 0 Å². The van der Waals surface area contributed by atoms with Crippen molar-refractivity contribution in [3.8, 4) is 0 Å². The van der Waals surface area contributed by atoms with Crippen LogP contribution in [-0.2, 0) is 26.2 Å². The van der Waals surface area contributed by atoms with E-state index in [1.54, 1.807) is 21.1 Å². The third-order valence-corrected chi connectivity index (χ3v) is 15.2. The fourth-order valence-electron chi connectivity index (χ4n) is 9.18. The first-order valence-corrected chi connectivity index (χ1v) is 36.2. The molecule has 9 nitrogen and oxygen atoms in total. The van der Waals surface area contributed by atoms with Crippen LogP contribution in [0.2, 0.25) is 0 Å². The molecule has 0 bridgehead atoms. The quantitative estimate of drug-likeness (QED) is 0.0219. The van der Waals surface area contributed by atoms with Gasteiger partial charge in [-0.25, -0.2) is 13.8 Å². The number of allylic oxidation sites excluding steroid dienone is 7. The molecular formula is C81H146F2N4O5. The summed E-state index contributed by atoms with van der Waals surface area (Å²) in [6.07, 6.45) is 33.8. The summed E-state index contributed by atoms with van der Waals surface area (Å²) in [4.78, 5) is 38.3. The first kappa shape index (κ1) is 97.9. The van der Waals surface area contributed by atoms with Gasteiger partial charge in [0.05, 0.1) is 18.1 Å². The second-order valence-corrected chi connectivity index (χ2v) is 24.4. The van der Waals surface area contributed by atoms with Crippen molar-refractivity contribution in [2.75, 3.05) is 26.1 Å². The summed E-state index contributed by atoms with van der Waals surface area (Å²) in [5, 5.41) is 13.3. The summed E-state index contributed by atoms with van der Waals surface area (Å²) in [5.41, 5.74) is 9.23. The van der Waals surface area contributed by atoms with Crippen molar-refractivity contribution in [1.82, 2.24) is 14.9 Å². The van der Waals surface area contributed by atoms with E-state index < -0.39 is 11.6 Å². The summed E-state index contributed by atoms with van der Waals surface area (Å²) in [6.45, 7) is 53.7. The second-order valence-electron chi connectivity index (χ2n) is 24.4. The Bertz CT molecular complexity index is 2340. The number of aldehydes is 1. The Kier molecular flexibility index (Phi) is 71.6. The average Bonchev–Trinajstić information content (AvgIpc) is 1.64. The molecule has 0 saturated heterocycles. The van der Waals surface area contributed by atoms with Gasteiger partial charge in [-0.05, 0) is 144 Å². The smallest absolute Gasteiger partial charge is 0.257 e. The molecule has 0 spiro atoms. The van der Waals surface area contributed by atoms with Gasteiger partial charge in [0.25, 0.3) is 5.91 Å². The van der Waals surface area contributed by atoms with E-state index in [2.05, 4.69) is 125 Å². The third-order valence-electron chi connectivity index (χ3n) is 15.2. The second kappa shape index (κ2) is 67.3. The molecule has 1 aliphatic rings. The minimum atomic E-state index is -0.521. The van der Waals surface area contributed by atoms with Gasteiger partial charge in [0, 0.05) is 57.2 Å². The van der Waals surface area contributed by atoms with Gasteiger partial charge < -0.3 is 24.5 Å². The number of methoxy groups -OCH3 is 1. The molecule has 3 N–H and O–H groups in total. The number of halogens is 2. The Morgan fingerprint density at radius 2 is 1.25 bits per heavy atom. The number of carbonyl (C=O) groups excluding carboxylic acids is 3. The molecule has 1 heterocycles. The van der Waals surface area contributed by atoms with Crippen molar-refractivity contribution in [3.63, 3.8) is 0 Å². The molecule has 2 aromatic carbocycles. The number of aliphatic hydroxyl groups excluding tert-OH is 1. The topological polar surface area (TPSA) is 123 Å². The molecular weight excluding hydrogens is 1150 g/mol. The molecule has 11 heteroatoms. The van der Waals surface area contributed by atoms with E-state index in [9.17, 15) is 23.2 Å². The van der Waals surface area contributed by atoms with Gasteiger partial charge in [-0.1, -0.05) is 257 Å². The van der Waals surface area contributed by atoms with E-state index in [-0.39, 0.29) is 11.8 Å². The number of fused-ring (bicyclic) bond motifs is 1. The van der Waals surface area contributed by atoms with Crippen molar-refractivity contribution in [1.29, 1.82) is 0 Å². The Morgan fingerprint density at radius 1 is 0.707 bits per heavy atom. The average molecular weight is 1290 g/mol. The number of hydrogen-bond donors (Lipinski definition) is 3. The minimum absolute atomic E-state index is 0.00292. The van der Waals surface area contributed by atoms with E-state index in [1.807, 2.05) is 91.3 Å². The van der Waals surface area contributed by atoms with Gasteiger partial charge in [-0.3, -0.25) is 14.9 Å². The van der Waals surface area contributed by atoms with Crippen LogP contribution in [0.4, 0.5) is 14.7 Å². The van der Waals surface area contributed by atoms with Crippen LogP contribution >= 0.6 is 0 Å². The lowest BCUT2D eigenvalue weighted by Crippen LogP contribution is -2.17. The Labute approximate surface area is 567 Å². The van der Waals surface area contributed by atoms with Crippen molar-refractivity contribution < 1.29 is 33.0 Å². The van der Waals surface area contributed by atoms with Gasteiger partial charge in [0.2, 0.25) is 11.9 Å². The number of rotatable bonds is 28. The highest BCUT2D eigenvalue weighted by Crippen LogP contribution is 2.31. The fourth-order valence-corrected chi connectivity index (χ4v) is 9.18. The lowest BCUT2D eigenvalue weighted by Gasteiger charge is -2.22. The standard InChI is InChI=1S/C30H41N3O2.C12H26.C10H22.C7H6F2.C6H11NO2.C5H10.C4H10.C3H8O.2C2H6/c1-11-13-27(35-10)28(23(8)21(6)12-2)22(7)18-24(16-19(3)4)29(34)32-30-31-25-15-14-20(5)17-26(25)33(30)9;1-5-8-10-12(9-6-2)11(4)7-3;1-5-6-10(4)8-7-9(2)3;1-5-2-6(8)4-7(9)3-5;1-7-6(9)4-2-3-5-8;1-2-4-5-3-1;1-3-4-2;1-2-3-4;2*1-2/h14-18H,7,11-13H2,1-6,8-10H3,(H,31,32,34);11-12H,5-10H2,1-4H3;9-10H,5-8H2,1-4H3;2-4H,1H3;5H,2-4H2,1H3,(H,7,9);1-5H2;3-4H2,1-2H3;4H,2-3H2,1H3;2*1-2H3/b23-21-,24-18+,28-27+;;;;;;;;;. The lowest BCUT2D eigenvalue weighted by atomic mass is 9.84. The molecule has 0 aliphatic heterocycles. The predicted octanol–water partition coefficient (Wildman–Crippen LogP) is 24.8. The molecule has 1 aliphatic carbocycles. The predicted molar refractivity (Wildman–Crippen MR) is 403 cm³/mol. The van der Waals surface area contributed by atoms with Gasteiger partial charge in [0.1, 0.15) is 23.7 Å². The minimum Gasteiger partial charge on any atom is -0.500 e. The van der Waals surface area contributed by atoms with Crippen LogP contribution in [0.1, 0.15) is 311 Å². The number of imidazole rings is 1. The van der Waals surface area contributed by atoms with Crippen molar-refractivity contribution in [3.05, 3.63) is 117 Å². The molecule has 92 heavy (non-hydrogen) atoms. The van der Waals surface area contributed by atoms with Crippen LogP contribution in [0.5, 0.6) is 0 Å². The zero-order valence-electron chi connectivity index (χ0n) is 64.6. The Morgan fingerprint density at radius 3 is 1.65 bits per heavy atom. The van der Waals surface area contributed by atoms with Gasteiger partial charge in [-0.15, -0.1) is 0 Å². The van der Waals surface area contributed by atoms with Gasteiger partial charge in [-0.2, -0.15) is 0 Å². The van der Waals surface area contributed by atoms with E-state index in [0.717, 1.165) is 106 Å². The number of benzene rings is 2. The SMILES string of the molecule is C1CCCC1.C=C(/C=C(\C=C(C)C)C(=O)Nc1nc2ccc(C)cc2n1C)C(/C(C)=C(/C)CC)=C(/CCC)OC.CC.CC.CCCC.CCCC(C)CCC(C)C.CCCCC(CCC)C(C)CC.CCCO.CNC(=O)CCCC=O.Cc1cc(F)cc(F)c1. The lowest BCUT2D eigenvalue weighted by molar-refractivity contribution is -0.120. The van der Waals surface area contributed by atoms with Crippen molar-refractivity contribution >= 4 is 35.1 Å². The van der Waals surface area contributed by atoms with E-state index >= 15 is 0 Å². The summed E-state index contributed by atoms with van der Waals surface area (Å²) >= 11 is 0. The first-order valence-electron chi connectivity index (χ1n) is 36.2. The molecule has 1 fully saturated rings. The third kappa shape index (κ3) is 53.2. The van der Waals surface area contributed by atoms with Crippen molar-refractivity contribution in [2.24, 2.45) is 30.7 Å². The molecule has 534 valence electrons. The Balaban J connectivity index is -0.000000265. The van der Waals surface area contributed by atoms with Gasteiger partial charge >= 0.3 is 0 Å². The summed E-state index contributed by atoms with van der Waals surface area (Å²) in [7, 11) is 5.20. The zero-order chi connectivity index (χ0) is 72.0. The molecule has 2 amide bonds. The Hall–Kier alpha value is -5.16. The van der Waals surface area contributed by atoms with Crippen LogP contribution in [0.15, 0.2) is 94.3 Å².